The van der Waals surface area contributed by atoms with Crippen molar-refractivity contribution < 1.29 is 9.53 Å². The van der Waals surface area contributed by atoms with Gasteiger partial charge in [0, 0.05) is 12.6 Å². The van der Waals surface area contributed by atoms with E-state index in [1.807, 2.05) is 7.05 Å². The topological polar surface area (TPSA) is 50.4 Å². The highest BCUT2D eigenvalue weighted by molar-refractivity contribution is 5.79. The fourth-order valence-corrected chi connectivity index (χ4v) is 6.01. The summed E-state index contributed by atoms with van der Waals surface area (Å²) >= 11 is 0. The molecule has 4 bridgehead atoms. The summed E-state index contributed by atoms with van der Waals surface area (Å²) in [6.45, 7) is 2.13. The molecule has 1 saturated heterocycles. The minimum Gasteiger partial charge on any atom is -0.379 e. The second-order valence-electron chi connectivity index (χ2n) is 8.17. The van der Waals surface area contributed by atoms with E-state index in [0.717, 1.165) is 24.3 Å². The van der Waals surface area contributed by atoms with Crippen molar-refractivity contribution in [2.75, 3.05) is 26.8 Å². The van der Waals surface area contributed by atoms with Gasteiger partial charge in [-0.15, -0.1) is 0 Å². The van der Waals surface area contributed by atoms with Crippen molar-refractivity contribution in [3.05, 3.63) is 0 Å². The Morgan fingerprint density at radius 1 is 1.10 bits per heavy atom. The molecule has 4 nitrogen and oxygen atoms in total. The molecule has 2 atom stereocenters. The molecule has 0 aromatic heterocycles. The monoisotopic (exact) mass is 292 g/mol. The Labute approximate surface area is 127 Å². The van der Waals surface area contributed by atoms with Crippen LogP contribution in [0.3, 0.4) is 0 Å². The van der Waals surface area contributed by atoms with E-state index in [1.54, 1.807) is 0 Å². The number of carbonyl (C=O) groups excluding carboxylic acids is 1. The quantitative estimate of drug-likeness (QED) is 0.826. The summed E-state index contributed by atoms with van der Waals surface area (Å²) in [5.41, 5.74) is 0.430. The Balaban J connectivity index is 1.37. The highest BCUT2D eigenvalue weighted by Gasteiger charge is 2.51. The number of amides is 1. The van der Waals surface area contributed by atoms with Crippen molar-refractivity contribution in [2.24, 2.45) is 29.1 Å². The predicted octanol–water partition coefficient (Wildman–Crippen LogP) is 1.55. The zero-order valence-corrected chi connectivity index (χ0v) is 13.1. The van der Waals surface area contributed by atoms with Crippen LogP contribution >= 0.6 is 0 Å². The van der Waals surface area contributed by atoms with Crippen molar-refractivity contribution in [1.29, 1.82) is 0 Å². The van der Waals surface area contributed by atoms with Gasteiger partial charge in [0.25, 0.3) is 0 Å². The van der Waals surface area contributed by atoms with Crippen molar-refractivity contribution in [1.82, 2.24) is 10.6 Å². The van der Waals surface area contributed by atoms with Crippen LogP contribution in [-0.2, 0) is 9.53 Å². The van der Waals surface area contributed by atoms with Crippen molar-refractivity contribution in [3.63, 3.8) is 0 Å². The molecule has 0 spiro atoms. The number of hydrogen-bond donors (Lipinski definition) is 2. The van der Waals surface area contributed by atoms with Crippen LogP contribution in [0.15, 0.2) is 0 Å². The summed E-state index contributed by atoms with van der Waals surface area (Å²) in [5, 5.41) is 6.49. The molecule has 0 aromatic rings. The number of carbonyl (C=O) groups is 1. The third kappa shape index (κ3) is 2.50. The van der Waals surface area contributed by atoms with Gasteiger partial charge in [-0.3, -0.25) is 4.79 Å². The van der Waals surface area contributed by atoms with Gasteiger partial charge in [-0.05, 0) is 68.7 Å². The Bertz CT molecular complexity index is 388. The Morgan fingerprint density at radius 2 is 1.71 bits per heavy atom. The van der Waals surface area contributed by atoms with Crippen molar-refractivity contribution >= 4 is 5.91 Å². The fourth-order valence-electron chi connectivity index (χ4n) is 6.01. The second-order valence-corrected chi connectivity index (χ2v) is 8.17. The Kier molecular flexibility index (Phi) is 3.49. The summed E-state index contributed by atoms with van der Waals surface area (Å²) in [7, 11) is 1.92. The lowest BCUT2D eigenvalue weighted by Gasteiger charge is -2.57. The number of hydrogen-bond acceptors (Lipinski definition) is 3. The van der Waals surface area contributed by atoms with Gasteiger partial charge in [0.15, 0.2) is 0 Å². The first-order valence-corrected chi connectivity index (χ1v) is 8.70. The molecule has 1 amide bonds. The lowest BCUT2D eigenvalue weighted by atomic mass is 9.49. The van der Waals surface area contributed by atoms with E-state index in [0.29, 0.717) is 18.6 Å². The maximum atomic E-state index is 12.5. The maximum absolute atomic E-state index is 12.5. The molecule has 4 aliphatic carbocycles. The molecule has 5 rings (SSSR count). The van der Waals surface area contributed by atoms with E-state index in [9.17, 15) is 4.79 Å². The lowest BCUT2D eigenvalue weighted by Crippen LogP contribution is -2.52. The molecular formula is C17H28N2O2. The van der Waals surface area contributed by atoms with Crippen LogP contribution in [0, 0.1) is 29.1 Å². The van der Waals surface area contributed by atoms with E-state index < -0.39 is 0 Å². The number of ether oxygens (including phenoxy) is 1. The first-order chi connectivity index (χ1) is 10.2. The largest absolute Gasteiger partial charge is 0.379 e. The SMILES string of the molecule is CNC1COCC1C(=O)NCC12CC3CC(CC(C3)C1)C2. The van der Waals surface area contributed by atoms with E-state index in [-0.39, 0.29) is 17.9 Å². The molecule has 4 heteroatoms. The maximum Gasteiger partial charge on any atom is 0.227 e. The third-order valence-corrected chi connectivity index (χ3v) is 6.59. The number of nitrogens with one attached hydrogen (secondary N) is 2. The zero-order valence-electron chi connectivity index (χ0n) is 13.1. The van der Waals surface area contributed by atoms with E-state index >= 15 is 0 Å². The predicted molar refractivity (Wildman–Crippen MR) is 80.8 cm³/mol. The summed E-state index contributed by atoms with van der Waals surface area (Å²) in [6.07, 6.45) is 8.46. The van der Waals surface area contributed by atoms with Crippen molar-refractivity contribution in [2.45, 2.75) is 44.6 Å². The van der Waals surface area contributed by atoms with Gasteiger partial charge < -0.3 is 15.4 Å². The van der Waals surface area contributed by atoms with Crippen LogP contribution in [0.5, 0.6) is 0 Å². The van der Waals surface area contributed by atoms with Crippen molar-refractivity contribution in [3.8, 4) is 0 Å². The molecule has 2 N–H and O–H groups in total. The highest BCUT2D eigenvalue weighted by Crippen LogP contribution is 2.59. The summed E-state index contributed by atoms with van der Waals surface area (Å²) in [5.74, 6) is 3.04. The second kappa shape index (κ2) is 5.24. The van der Waals surface area contributed by atoms with Crippen LogP contribution in [0.25, 0.3) is 0 Å². The zero-order chi connectivity index (χ0) is 14.4. The van der Waals surface area contributed by atoms with Gasteiger partial charge in [0.2, 0.25) is 5.91 Å². The molecule has 0 radical (unpaired) electrons. The minimum absolute atomic E-state index is 0.0103. The standard InChI is InChI=1S/C17H28N2O2/c1-18-15-9-21-8-14(15)16(20)19-10-17-5-11-2-12(6-17)4-13(3-11)7-17/h11-15,18H,2-10H2,1H3,(H,19,20). The van der Waals surface area contributed by atoms with E-state index in [2.05, 4.69) is 10.6 Å². The normalized spacial score (nSPS) is 47.8. The highest BCUT2D eigenvalue weighted by atomic mass is 16.5. The van der Waals surface area contributed by atoms with Crippen LogP contribution in [0.1, 0.15) is 38.5 Å². The summed E-state index contributed by atoms with van der Waals surface area (Å²) < 4.78 is 5.45. The first kappa shape index (κ1) is 14.0. The lowest BCUT2D eigenvalue weighted by molar-refractivity contribution is -0.127. The summed E-state index contributed by atoms with van der Waals surface area (Å²) in [4.78, 5) is 12.5. The van der Waals surface area contributed by atoms with Gasteiger partial charge in [-0.2, -0.15) is 0 Å². The van der Waals surface area contributed by atoms with Crippen LogP contribution in [-0.4, -0.2) is 38.8 Å². The van der Waals surface area contributed by atoms with E-state index in [4.69, 9.17) is 4.74 Å². The van der Waals surface area contributed by atoms with Gasteiger partial charge in [0.1, 0.15) is 0 Å². The molecule has 5 aliphatic rings. The molecule has 1 aliphatic heterocycles. The van der Waals surface area contributed by atoms with E-state index in [1.165, 1.54) is 38.5 Å². The smallest absolute Gasteiger partial charge is 0.227 e. The molecule has 0 aromatic carbocycles. The third-order valence-electron chi connectivity index (χ3n) is 6.59. The first-order valence-electron chi connectivity index (χ1n) is 8.70. The van der Waals surface area contributed by atoms with Gasteiger partial charge in [-0.25, -0.2) is 0 Å². The van der Waals surface area contributed by atoms with Gasteiger partial charge in [-0.1, -0.05) is 0 Å². The van der Waals surface area contributed by atoms with Crippen LogP contribution in [0.4, 0.5) is 0 Å². The molecule has 1 heterocycles. The van der Waals surface area contributed by atoms with Crippen LogP contribution < -0.4 is 10.6 Å². The molecule has 2 unspecified atom stereocenters. The minimum atomic E-state index is -0.0103. The van der Waals surface area contributed by atoms with Gasteiger partial charge in [0.05, 0.1) is 19.1 Å². The molecule has 118 valence electrons. The molecule has 5 fully saturated rings. The Morgan fingerprint density at radius 3 is 2.29 bits per heavy atom. The number of likely N-dealkylation sites (N-methyl/N-ethyl adjacent to an activating group) is 1. The fraction of sp³-hybridized carbons (Fsp3) is 0.941. The summed E-state index contributed by atoms with van der Waals surface area (Å²) in [6, 6.07) is 0.182. The van der Waals surface area contributed by atoms with Crippen LogP contribution in [0.2, 0.25) is 0 Å². The molecule has 4 saturated carbocycles. The number of rotatable bonds is 4. The molecular weight excluding hydrogens is 264 g/mol. The average molecular weight is 292 g/mol. The average Bonchev–Trinajstić information content (AvgIpc) is 2.92. The van der Waals surface area contributed by atoms with Gasteiger partial charge >= 0.3 is 0 Å². The Hall–Kier alpha value is -0.610. The molecule has 21 heavy (non-hydrogen) atoms.